The predicted octanol–water partition coefficient (Wildman–Crippen LogP) is 2.46. The van der Waals surface area contributed by atoms with Gasteiger partial charge >= 0.3 is 0 Å². The zero-order valence-electron chi connectivity index (χ0n) is 11.4. The van der Waals surface area contributed by atoms with Gasteiger partial charge in [0.25, 0.3) is 0 Å². The van der Waals surface area contributed by atoms with E-state index in [4.69, 9.17) is 32.7 Å². The average molecular weight is 320 g/mol. The van der Waals surface area contributed by atoms with E-state index in [1.807, 2.05) is 7.05 Å². The summed E-state index contributed by atoms with van der Waals surface area (Å²) in [5, 5.41) is 10.7. The van der Waals surface area contributed by atoms with Crippen molar-refractivity contribution in [2.75, 3.05) is 40.0 Å². The maximum Gasteiger partial charge on any atom is 0.138 e. The van der Waals surface area contributed by atoms with Crippen LogP contribution in [0, 0.1) is 0 Å². The molecule has 2 rings (SSSR count). The van der Waals surface area contributed by atoms with Gasteiger partial charge in [-0.1, -0.05) is 23.2 Å². The van der Waals surface area contributed by atoms with E-state index in [9.17, 15) is 5.11 Å². The smallest absolute Gasteiger partial charge is 0.138 e. The van der Waals surface area contributed by atoms with E-state index in [1.54, 1.807) is 18.2 Å². The van der Waals surface area contributed by atoms with Crippen LogP contribution >= 0.6 is 23.2 Å². The molecule has 1 saturated heterocycles. The normalized spacial score (nSPS) is 22.4. The highest BCUT2D eigenvalue weighted by molar-refractivity contribution is 6.35. The molecule has 0 aliphatic carbocycles. The molecule has 0 aromatic heterocycles. The van der Waals surface area contributed by atoms with Crippen molar-refractivity contribution in [1.29, 1.82) is 0 Å². The van der Waals surface area contributed by atoms with Crippen molar-refractivity contribution in [2.45, 2.75) is 12.0 Å². The van der Waals surface area contributed by atoms with E-state index in [1.165, 1.54) is 0 Å². The summed E-state index contributed by atoms with van der Waals surface area (Å²) in [4.78, 5) is 2.09. The quantitative estimate of drug-likeness (QED) is 0.874. The van der Waals surface area contributed by atoms with Crippen LogP contribution in [0.5, 0.6) is 5.75 Å². The van der Waals surface area contributed by atoms with E-state index in [0.717, 1.165) is 6.42 Å². The molecule has 0 spiro atoms. The number of rotatable bonds is 6. The minimum absolute atomic E-state index is 0.0885. The van der Waals surface area contributed by atoms with Crippen molar-refractivity contribution in [3.05, 3.63) is 28.2 Å². The van der Waals surface area contributed by atoms with Gasteiger partial charge in [0.05, 0.1) is 23.8 Å². The predicted molar refractivity (Wildman–Crippen MR) is 79.8 cm³/mol. The third kappa shape index (κ3) is 3.57. The molecule has 1 N–H and O–H groups in total. The molecule has 1 atom stereocenters. The Labute approximate surface area is 129 Å². The van der Waals surface area contributed by atoms with Crippen LogP contribution in [0.1, 0.15) is 6.42 Å². The Morgan fingerprint density at radius 2 is 2.25 bits per heavy atom. The van der Waals surface area contributed by atoms with Crippen LogP contribution in [0.15, 0.2) is 18.2 Å². The van der Waals surface area contributed by atoms with Crippen molar-refractivity contribution in [1.82, 2.24) is 4.90 Å². The molecule has 4 nitrogen and oxygen atoms in total. The van der Waals surface area contributed by atoms with Crippen LogP contribution in [0.4, 0.5) is 0 Å². The summed E-state index contributed by atoms with van der Waals surface area (Å²) in [5.41, 5.74) is -0.285. The molecular weight excluding hydrogens is 301 g/mol. The van der Waals surface area contributed by atoms with Crippen LogP contribution in [-0.2, 0) is 4.74 Å². The molecule has 6 heteroatoms. The van der Waals surface area contributed by atoms with Crippen LogP contribution in [-0.4, -0.2) is 55.6 Å². The SMILES string of the molecule is CN(CCOc1ccc(Cl)cc1Cl)[C@@]1(CO)CCOC1. The van der Waals surface area contributed by atoms with Gasteiger partial charge in [0.1, 0.15) is 12.4 Å². The second-order valence-electron chi connectivity index (χ2n) is 5.03. The molecule has 1 fully saturated rings. The summed E-state index contributed by atoms with van der Waals surface area (Å²) in [6.07, 6.45) is 0.835. The molecular formula is C14H19Cl2NO3. The first-order valence-corrected chi connectivity index (χ1v) is 7.31. The first-order valence-electron chi connectivity index (χ1n) is 6.55. The van der Waals surface area contributed by atoms with Gasteiger partial charge in [-0.2, -0.15) is 0 Å². The average Bonchev–Trinajstić information content (AvgIpc) is 2.91. The topological polar surface area (TPSA) is 41.9 Å². The van der Waals surface area contributed by atoms with Gasteiger partial charge in [-0.25, -0.2) is 0 Å². The van der Waals surface area contributed by atoms with Crippen LogP contribution < -0.4 is 4.74 Å². The lowest BCUT2D eigenvalue weighted by Gasteiger charge is -2.35. The Morgan fingerprint density at radius 1 is 1.45 bits per heavy atom. The minimum Gasteiger partial charge on any atom is -0.491 e. The highest BCUT2D eigenvalue weighted by Gasteiger charge is 2.38. The van der Waals surface area contributed by atoms with Gasteiger partial charge in [-0.05, 0) is 31.7 Å². The highest BCUT2D eigenvalue weighted by atomic mass is 35.5. The van der Waals surface area contributed by atoms with E-state index in [0.29, 0.717) is 42.2 Å². The number of aliphatic hydroxyl groups is 1. The fraction of sp³-hybridized carbons (Fsp3) is 0.571. The van der Waals surface area contributed by atoms with Gasteiger partial charge in [0.15, 0.2) is 0 Å². The summed E-state index contributed by atoms with van der Waals surface area (Å²) in [6.45, 7) is 2.50. The Hall–Kier alpha value is -0.520. The molecule has 1 aliphatic rings. The summed E-state index contributed by atoms with van der Waals surface area (Å²) >= 11 is 11.9. The number of nitrogens with zero attached hydrogens (tertiary/aromatic N) is 1. The largest absolute Gasteiger partial charge is 0.491 e. The summed E-state index contributed by atoms with van der Waals surface area (Å²) in [6, 6.07) is 5.15. The zero-order chi connectivity index (χ0) is 14.6. The Kier molecular flexibility index (Phi) is 5.52. The molecule has 0 bridgehead atoms. The third-order valence-electron chi connectivity index (χ3n) is 3.76. The number of ether oxygens (including phenoxy) is 2. The molecule has 1 aliphatic heterocycles. The van der Waals surface area contributed by atoms with Gasteiger partial charge in [0, 0.05) is 18.2 Å². The highest BCUT2D eigenvalue weighted by Crippen LogP contribution is 2.28. The zero-order valence-corrected chi connectivity index (χ0v) is 13.0. The minimum atomic E-state index is -0.285. The molecule has 1 heterocycles. The number of hydrogen-bond acceptors (Lipinski definition) is 4. The maximum atomic E-state index is 9.58. The Balaban J connectivity index is 1.86. The summed E-state index contributed by atoms with van der Waals surface area (Å²) < 4.78 is 11.0. The maximum absolute atomic E-state index is 9.58. The van der Waals surface area contributed by atoms with Crippen LogP contribution in [0.2, 0.25) is 10.0 Å². The fourth-order valence-electron chi connectivity index (χ4n) is 2.26. The number of hydrogen-bond donors (Lipinski definition) is 1. The second-order valence-corrected chi connectivity index (χ2v) is 5.87. The molecule has 0 saturated carbocycles. The number of likely N-dealkylation sites (N-methyl/N-ethyl adjacent to an activating group) is 1. The molecule has 1 aromatic rings. The molecule has 0 radical (unpaired) electrons. The second kappa shape index (κ2) is 6.96. The standard InChI is InChI=1S/C14H19Cl2NO3/c1-17(14(9-18)4-6-19-10-14)5-7-20-13-3-2-11(15)8-12(13)16/h2-3,8,18H,4-7,9-10H2,1H3/t14-/m1/s1. The molecule has 0 unspecified atom stereocenters. The van der Waals surface area contributed by atoms with E-state index in [-0.39, 0.29) is 12.1 Å². The fourth-order valence-corrected chi connectivity index (χ4v) is 2.73. The summed E-state index contributed by atoms with van der Waals surface area (Å²) in [7, 11) is 1.97. The van der Waals surface area contributed by atoms with E-state index >= 15 is 0 Å². The van der Waals surface area contributed by atoms with Gasteiger partial charge in [0.2, 0.25) is 0 Å². The number of halogens is 2. The Morgan fingerprint density at radius 3 is 2.85 bits per heavy atom. The first kappa shape index (κ1) is 15.9. The van der Waals surface area contributed by atoms with Crippen LogP contribution in [0.25, 0.3) is 0 Å². The van der Waals surface area contributed by atoms with E-state index < -0.39 is 0 Å². The van der Waals surface area contributed by atoms with Crippen LogP contribution in [0.3, 0.4) is 0 Å². The number of aliphatic hydroxyl groups excluding tert-OH is 1. The van der Waals surface area contributed by atoms with Crippen molar-refractivity contribution in [3.63, 3.8) is 0 Å². The third-order valence-corrected chi connectivity index (χ3v) is 4.30. The lowest BCUT2D eigenvalue weighted by atomic mass is 9.98. The van der Waals surface area contributed by atoms with E-state index in [2.05, 4.69) is 4.90 Å². The van der Waals surface area contributed by atoms with Gasteiger partial charge < -0.3 is 14.6 Å². The number of benzene rings is 1. The van der Waals surface area contributed by atoms with Crippen molar-refractivity contribution >= 4 is 23.2 Å². The molecule has 0 amide bonds. The summed E-state index contributed by atoms with van der Waals surface area (Å²) in [5.74, 6) is 0.616. The Bertz CT molecular complexity index is 450. The van der Waals surface area contributed by atoms with Crippen molar-refractivity contribution < 1.29 is 14.6 Å². The monoisotopic (exact) mass is 319 g/mol. The van der Waals surface area contributed by atoms with Gasteiger partial charge in [-0.15, -0.1) is 0 Å². The first-order chi connectivity index (χ1) is 9.57. The van der Waals surface area contributed by atoms with Crippen molar-refractivity contribution in [2.24, 2.45) is 0 Å². The molecule has 1 aromatic carbocycles. The van der Waals surface area contributed by atoms with Crippen molar-refractivity contribution in [3.8, 4) is 5.75 Å². The lowest BCUT2D eigenvalue weighted by molar-refractivity contribution is 0.0291. The lowest BCUT2D eigenvalue weighted by Crippen LogP contribution is -2.51. The molecule has 112 valence electrons. The van der Waals surface area contributed by atoms with Gasteiger partial charge in [-0.3, -0.25) is 4.90 Å². The molecule has 20 heavy (non-hydrogen) atoms.